The molecule has 0 unspecified atom stereocenters. The highest BCUT2D eigenvalue weighted by Crippen LogP contribution is 2.21. The Morgan fingerprint density at radius 2 is 1.90 bits per heavy atom. The molecule has 1 heterocycles. The zero-order chi connectivity index (χ0) is 15.6. The number of piperidine rings is 1. The average molecular weight is 291 g/mol. The number of carbonyl (C=O) groups is 2. The highest BCUT2D eigenvalue weighted by atomic mass is 16.4. The first-order valence-corrected chi connectivity index (χ1v) is 7.04. The predicted molar refractivity (Wildman–Crippen MR) is 80.7 cm³/mol. The number of urea groups is 1. The quantitative estimate of drug-likeness (QED) is 0.776. The molecule has 0 atom stereocenters. The molecule has 0 spiro atoms. The molecule has 1 aromatic rings. The monoisotopic (exact) mass is 291 g/mol. The molecule has 6 heteroatoms. The zero-order valence-corrected chi connectivity index (χ0v) is 12.3. The van der Waals surface area contributed by atoms with Crippen LogP contribution in [0.2, 0.25) is 0 Å². The molecule has 1 aliphatic rings. The molecular formula is C15H21N3O3. The fourth-order valence-corrected chi connectivity index (χ4v) is 2.46. The van der Waals surface area contributed by atoms with E-state index < -0.39 is 5.97 Å². The van der Waals surface area contributed by atoms with E-state index in [4.69, 9.17) is 5.73 Å². The van der Waals surface area contributed by atoms with Crippen molar-refractivity contribution in [1.82, 2.24) is 4.90 Å². The number of aromatic carboxylic acids is 1. The number of anilines is 1. The lowest BCUT2D eigenvalue weighted by Crippen LogP contribution is -2.44. The van der Waals surface area contributed by atoms with Crippen LogP contribution in [-0.2, 0) is 0 Å². The summed E-state index contributed by atoms with van der Waals surface area (Å²) in [6, 6.07) is 3.24. The molecule has 0 aliphatic carbocycles. The van der Waals surface area contributed by atoms with Crippen LogP contribution in [0, 0.1) is 13.8 Å². The third-order valence-corrected chi connectivity index (χ3v) is 3.98. The summed E-state index contributed by atoms with van der Waals surface area (Å²) in [5, 5.41) is 12.0. The van der Waals surface area contributed by atoms with Gasteiger partial charge in [-0.3, -0.25) is 0 Å². The van der Waals surface area contributed by atoms with Gasteiger partial charge in [-0.2, -0.15) is 0 Å². The summed E-state index contributed by atoms with van der Waals surface area (Å²) in [5.41, 5.74) is 8.09. The van der Waals surface area contributed by atoms with Crippen LogP contribution >= 0.6 is 0 Å². The van der Waals surface area contributed by atoms with E-state index in [9.17, 15) is 14.7 Å². The third-order valence-electron chi connectivity index (χ3n) is 3.98. The Morgan fingerprint density at radius 1 is 1.29 bits per heavy atom. The predicted octanol–water partition coefficient (Wildman–Crippen LogP) is 1.96. The SMILES string of the molecule is Cc1cc(NC(=O)N2CCC(N)CC2)cc(C(=O)O)c1C. The number of nitrogens with one attached hydrogen (secondary N) is 1. The second kappa shape index (κ2) is 6.13. The number of likely N-dealkylation sites (tertiary alicyclic amines) is 1. The van der Waals surface area contributed by atoms with Gasteiger partial charge in [-0.05, 0) is 49.9 Å². The van der Waals surface area contributed by atoms with E-state index in [0.29, 0.717) is 24.3 Å². The van der Waals surface area contributed by atoms with Gasteiger partial charge in [-0.25, -0.2) is 9.59 Å². The summed E-state index contributed by atoms with van der Waals surface area (Å²) < 4.78 is 0. The Morgan fingerprint density at radius 3 is 2.48 bits per heavy atom. The highest BCUT2D eigenvalue weighted by Gasteiger charge is 2.21. The number of aryl methyl sites for hydroxylation is 1. The van der Waals surface area contributed by atoms with Crippen molar-refractivity contribution in [2.24, 2.45) is 5.73 Å². The first kappa shape index (κ1) is 15.3. The van der Waals surface area contributed by atoms with Crippen molar-refractivity contribution >= 4 is 17.7 Å². The fraction of sp³-hybridized carbons (Fsp3) is 0.467. The van der Waals surface area contributed by atoms with Crippen LogP contribution in [0.1, 0.15) is 34.3 Å². The second-order valence-electron chi connectivity index (χ2n) is 5.53. The maximum Gasteiger partial charge on any atom is 0.336 e. The van der Waals surface area contributed by atoms with Gasteiger partial charge in [0.25, 0.3) is 0 Å². The molecule has 1 fully saturated rings. The normalized spacial score (nSPS) is 15.9. The molecule has 21 heavy (non-hydrogen) atoms. The fourth-order valence-electron chi connectivity index (χ4n) is 2.46. The van der Waals surface area contributed by atoms with Gasteiger partial charge in [0.2, 0.25) is 0 Å². The van der Waals surface area contributed by atoms with E-state index in [0.717, 1.165) is 18.4 Å². The van der Waals surface area contributed by atoms with Crippen LogP contribution in [0.4, 0.5) is 10.5 Å². The minimum absolute atomic E-state index is 0.161. The summed E-state index contributed by atoms with van der Waals surface area (Å²) in [6.07, 6.45) is 1.58. The summed E-state index contributed by atoms with van der Waals surface area (Å²) in [7, 11) is 0. The van der Waals surface area contributed by atoms with E-state index in [2.05, 4.69) is 5.32 Å². The molecule has 2 amide bonds. The Balaban J connectivity index is 2.12. The number of nitrogens with zero attached hydrogens (tertiary/aromatic N) is 1. The number of carbonyl (C=O) groups excluding carboxylic acids is 1. The lowest BCUT2D eigenvalue weighted by molar-refractivity contribution is 0.0696. The van der Waals surface area contributed by atoms with Gasteiger partial charge >= 0.3 is 12.0 Å². The molecule has 0 radical (unpaired) electrons. The molecule has 114 valence electrons. The Hall–Kier alpha value is -2.08. The maximum absolute atomic E-state index is 12.2. The standard InChI is InChI=1S/C15H21N3O3/c1-9-7-12(8-13(10(9)2)14(19)20)17-15(21)18-5-3-11(16)4-6-18/h7-8,11H,3-6,16H2,1-2H3,(H,17,21)(H,19,20). The lowest BCUT2D eigenvalue weighted by Gasteiger charge is -2.30. The van der Waals surface area contributed by atoms with Crippen molar-refractivity contribution in [3.8, 4) is 0 Å². The number of nitrogens with two attached hydrogens (primary N) is 1. The molecule has 1 aromatic carbocycles. The minimum atomic E-state index is -0.990. The van der Waals surface area contributed by atoms with Crippen molar-refractivity contribution in [2.45, 2.75) is 32.7 Å². The zero-order valence-electron chi connectivity index (χ0n) is 12.3. The van der Waals surface area contributed by atoms with Crippen LogP contribution in [0.15, 0.2) is 12.1 Å². The lowest BCUT2D eigenvalue weighted by atomic mass is 10.0. The van der Waals surface area contributed by atoms with Crippen LogP contribution in [0.25, 0.3) is 0 Å². The molecule has 2 rings (SSSR count). The first-order chi connectivity index (χ1) is 9.88. The minimum Gasteiger partial charge on any atom is -0.478 e. The Labute approximate surface area is 123 Å². The number of carboxylic acids is 1. The van der Waals surface area contributed by atoms with E-state index >= 15 is 0 Å². The molecule has 6 nitrogen and oxygen atoms in total. The number of amides is 2. The van der Waals surface area contributed by atoms with Crippen LogP contribution in [0.3, 0.4) is 0 Å². The largest absolute Gasteiger partial charge is 0.478 e. The summed E-state index contributed by atoms with van der Waals surface area (Å²) in [4.78, 5) is 25.1. The van der Waals surface area contributed by atoms with Crippen LogP contribution < -0.4 is 11.1 Å². The van der Waals surface area contributed by atoms with Gasteiger partial charge in [0.15, 0.2) is 0 Å². The smallest absolute Gasteiger partial charge is 0.336 e. The van der Waals surface area contributed by atoms with Gasteiger partial charge in [0.05, 0.1) is 5.56 Å². The number of hydrogen-bond donors (Lipinski definition) is 3. The second-order valence-corrected chi connectivity index (χ2v) is 5.53. The molecule has 0 aromatic heterocycles. The van der Waals surface area contributed by atoms with Gasteiger partial charge < -0.3 is 21.1 Å². The molecule has 1 saturated heterocycles. The molecule has 0 bridgehead atoms. The van der Waals surface area contributed by atoms with Gasteiger partial charge in [-0.1, -0.05) is 0 Å². The molecule has 0 saturated carbocycles. The molecular weight excluding hydrogens is 270 g/mol. The van der Waals surface area contributed by atoms with E-state index in [1.165, 1.54) is 6.07 Å². The van der Waals surface area contributed by atoms with Gasteiger partial charge in [-0.15, -0.1) is 0 Å². The van der Waals surface area contributed by atoms with Crippen molar-refractivity contribution in [3.63, 3.8) is 0 Å². The number of carboxylic acid groups (broad SMARTS) is 1. The average Bonchev–Trinajstić information content (AvgIpc) is 2.43. The number of hydrogen-bond acceptors (Lipinski definition) is 3. The first-order valence-electron chi connectivity index (χ1n) is 7.04. The van der Waals surface area contributed by atoms with Crippen LogP contribution in [-0.4, -0.2) is 41.1 Å². The van der Waals surface area contributed by atoms with Gasteiger partial charge in [0, 0.05) is 24.8 Å². The van der Waals surface area contributed by atoms with E-state index in [1.807, 2.05) is 6.92 Å². The topological polar surface area (TPSA) is 95.7 Å². The maximum atomic E-state index is 12.2. The molecule has 1 aliphatic heterocycles. The summed E-state index contributed by atoms with van der Waals surface area (Å²) >= 11 is 0. The van der Waals surface area contributed by atoms with Crippen molar-refractivity contribution in [2.75, 3.05) is 18.4 Å². The van der Waals surface area contributed by atoms with Crippen molar-refractivity contribution < 1.29 is 14.7 Å². The summed E-state index contributed by atoms with van der Waals surface area (Å²) in [6.45, 7) is 4.85. The Kier molecular flexibility index (Phi) is 4.47. The summed E-state index contributed by atoms with van der Waals surface area (Å²) in [5.74, 6) is -0.990. The molecule has 4 N–H and O–H groups in total. The third kappa shape index (κ3) is 3.52. The van der Waals surface area contributed by atoms with Crippen molar-refractivity contribution in [1.29, 1.82) is 0 Å². The van der Waals surface area contributed by atoms with E-state index in [-0.39, 0.29) is 17.6 Å². The van der Waals surface area contributed by atoms with Crippen LogP contribution in [0.5, 0.6) is 0 Å². The Bertz CT molecular complexity index is 564. The highest BCUT2D eigenvalue weighted by molar-refractivity contribution is 5.94. The van der Waals surface area contributed by atoms with Gasteiger partial charge in [0.1, 0.15) is 0 Å². The number of benzene rings is 1. The number of rotatable bonds is 2. The van der Waals surface area contributed by atoms with Crippen molar-refractivity contribution in [3.05, 3.63) is 28.8 Å². The van der Waals surface area contributed by atoms with E-state index in [1.54, 1.807) is 17.9 Å².